The Bertz CT molecular complexity index is 725. The molecule has 0 bridgehead atoms. The summed E-state index contributed by atoms with van der Waals surface area (Å²) in [5.74, 6) is -1.46. The molecular formula is C18H29N5O4S. The number of nitrogen functional groups attached to an aromatic ring is 1. The summed E-state index contributed by atoms with van der Waals surface area (Å²) < 4.78 is 11.3. The molecule has 0 aliphatic carbocycles. The number of rotatable bonds is 9. The summed E-state index contributed by atoms with van der Waals surface area (Å²) in [6.45, 7) is 4.49. The van der Waals surface area contributed by atoms with Crippen LogP contribution in [0.3, 0.4) is 0 Å². The van der Waals surface area contributed by atoms with Crippen molar-refractivity contribution < 1.29 is 19.1 Å². The molecule has 1 unspecified atom stereocenters. The molecule has 1 aliphatic rings. The molecule has 9 nitrogen and oxygen atoms in total. The highest BCUT2D eigenvalue weighted by Crippen LogP contribution is 2.32. The summed E-state index contributed by atoms with van der Waals surface area (Å²) in [5.41, 5.74) is 6.10. The largest absolute Gasteiger partial charge is 0.384 e. The smallest absolute Gasteiger partial charge is 0.243 e. The molecule has 1 saturated heterocycles. The van der Waals surface area contributed by atoms with Gasteiger partial charge in [-0.05, 0) is 27.0 Å². The van der Waals surface area contributed by atoms with E-state index in [2.05, 4.69) is 10.6 Å². The number of hydrogen-bond acceptors (Lipinski definition) is 7. The van der Waals surface area contributed by atoms with Gasteiger partial charge in [0, 0.05) is 36.0 Å². The van der Waals surface area contributed by atoms with Gasteiger partial charge in [-0.1, -0.05) is 0 Å². The van der Waals surface area contributed by atoms with Gasteiger partial charge >= 0.3 is 0 Å². The first-order valence-corrected chi connectivity index (χ1v) is 10.0. The quantitative estimate of drug-likeness (QED) is 0.262. The third-order valence-corrected chi connectivity index (χ3v) is 5.80. The van der Waals surface area contributed by atoms with Gasteiger partial charge in [-0.15, -0.1) is 11.3 Å². The molecule has 1 aromatic rings. The van der Waals surface area contributed by atoms with Gasteiger partial charge in [-0.3, -0.25) is 15.0 Å². The Labute approximate surface area is 169 Å². The fraction of sp³-hybridized carbons (Fsp3) is 0.611. The summed E-state index contributed by atoms with van der Waals surface area (Å²) >= 11 is 1.41. The summed E-state index contributed by atoms with van der Waals surface area (Å²) in [4.78, 5) is 28.1. The van der Waals surface area contributed by atoms with Gasteiger partial charge in [0.1, 0.15) is 11.9 Å². The van der Waals surface area contributed by atoms with Crippen LogP contribution >= 0.6 is 11.3 Å². The van der Waals surface area contributed by atoms with Gasteiger partial charge < -0.3 is 30.7 Å². The third-order valence-electron chi connectivity index (χ3n) is 4.86. The van der Waals surface area contributed by atoms with Crippen LogP contribution in [0.1, 0.15) is 30.7 Å². The lowest BCUT2D eigenvalue weighted by Gasteiger charge is -2.28. The van der Waals surface area contributed by atoms with E-state index in [1.807, 2.05) is 6.92 Å². The second-order valence-corrected chi connectivity index (χ2v) is 7.67. The van der Waals surface area contributed by atoms with Crippen molar-refractivity contribution in [1.82, 2.24) is 15.5 Å². The number of nitrogens with two attached hydrogens (primary N) is 1. The number of nitrogens with zero attached hydrogens (tertiary/aromatic N) is 1. The number of thiophene rings is 1. The van der Waals surface area contributed by atoms with Crippen LogP contribution in [-0.4, -0.2) is 67.7 Å². The van der Waals surface area contributed by atoms with Gasteiger partial charge in [-0.25, -0.2) is 0 Å². The zero-order chi connectivity index (χ0) is 20.9. The van der Waals surface area contributed by atoms with Crippen molar-refractivity contribution in [2.75, 3.05) is 27.3 Å². The molecule has 0 aromatic carbocycles. The molecule has 2 amide bonds. The molecule has 1 aromatic heterocycles. The normalized spacial score (nSPS) is 22.9. The highest BCUT2D eigenvalue weighted by Gasteiger charge is 2.50. The minimum Gasteiger partial charge on any atom is -0.384 e. The number of ether oxygens (including phenoxy) is 2. The number of amidine groups is 1. The lowest BCUT2D eigenvalue weighted by Crippen LogP contribution is -2.51. The number of hydrogen-bond donors (Lipinski definition) is 4. The average molecular weight is 412 g/mol. The first-order valence-electron chi connectivity index (χ1n) is 9.13. The Balaban J connectivity index is 2.13. The van der Waals surface area contributed by atoms with E-state index in [0.29, 0.717) is 18.7 Å². The van der Waals surface area contributed by atoms with E-state index in [0.717, 1.165) is 4.88 Å². The van der Waals surface area contributed by atoms with Crippen molar-refractivity contribution >= 4 is 29.0 Å². The van der Waals surface area contributed by atoms with E-state index in [1.54, 1.807) is 25.4 Å². The molecule has 5 N–H and O–H groups in total. The number of methoxy groups -OCH3 is 1. The van der Waals surface area contributed by atoms with Crippen LogP contribution in [0.15, 0.2) is 11.4 Å². The van der Waals surface area contributed by atoms with Gasteiger partial charge in [-0.2, -0.15) is 0 Å². The SMILES string of the molecule is CCOC1(OC)C[C@@H](C(=O)NCc2cc(C(=N)N)cs2)N(C(=O)[C@H](C)NC)C1. The maximum atomic E-state index is 12.9. The van der Waals surface area contributed by atoms with Crippen LogP contribution in [0.4, 0.5) is 0 Å². The Kier molecular flexibility index (Phi) is 7.53. The van der Waals surface area contributed by atoms with Crippen molar-refractivity contribution in [3.05, 3.63) is 21.9 Å². The molecule has 2 rings (SSSR count). The highest BCUT2D eigenvalue weighted by molar-refractivity contribution is 7.10. The van der Waals surface area contributed by atoms with E-state index in [1.165, 1.54) is 23.3 Å². The zero-order valence-corrected chi connectivity index (χ0v) is 17.5. The van der Waals surface area contributed by atoms with Crippen molar-refractivity contribution in [2.45, 2.75) is 44.7 Å². The summed E-state index contributed by atoms with van der Waals surface area (Å²) in [6.07, 6.45) is 0.258. The number of likely N-dealkylation sites (N-methyl/N-ethyl adjacent to an activating group) is 1. The van der Waals surface area contributed by atoms with Crippen LogP contribution in [0.5, 0.6) is 0 Å². The van der Waals surface area contributed by atoms with Crippen LogP contribution in [0, 0.1) is 5.41 Å². The Morgan fingerprint density at radius 3 is 2.79 bits per heavy atom. The molecule has 1 aliphatic heterocycles. The maximum absolute atomic E-state index is 12.9. The number of carbonyl (C=O) groups excluding carboxylic acids is 2. The number of nitrogens with one attached hydrogen (secondary N) is 3. The molecule has 2 heterocycles. The van der Waals surface area contributed by atoms with Crippen LogP contribution in [0.25, 0.3) is 0 Å². The van der Waals surface area contributed by atoms with Crippen molar-refractivity contribution in [3.63, 3.8) is 0 Å². The minimum atomic E-state index is -0.995. The molecule has 0 spiro atoms. The molecule has 0 saturated carbocycles. The monoisotopic (exact) mass is 411 g/mol. The van der Waals surface area contributed by atoms with E-state index < -0.39 is 17.9 Å². The molecule has 3 atom stereocenters. The fourth-order valence-corrected chi connectivity index (χ4v) is 3.98. The van der Waals surface area contributed by atoms with E-state index in [4.69, 9.17) is 20.6 Å². The maximum Gasteiger partial charge on any atom is 0.243 e. The third kappa shape index (κ3) is 4.88. The van der Waals surface area contributed by atoms with Gasteiger partial charge in [0.2, 0.25) is 11.8 Å². The molecule has 10 heteroatoms. The van der Waals surface area contributed by atoms with Crippen LogP contribution < -0.4 is 16.4 Å². The lowest BCUT2D eigenvalue weighted by atomic mass is 10.1. The van der Waals surface area contributed by atoms with Crippen LogP contribution in [-0.2, 0) is 25.6 Å². The highest BCUT2D eigenvalue weighted by atomic mass is 32.1. The fourth-order valence-electron chi connectivity index (χ4n) is 3.16. The van der Waals surface area contributed by atoms with Gasteiger partial charge in [0.15, 0.2) is 5.79 Å². The summed E-state index contributed by atoms with van der Waals surface area (Å²) in [7, 11) is 3.22. The van der Waals surface area contributed by atoms with Gasteiger partial charge in [0.25, 0.3) is 0 Å². The molecule has 0 radical (unpaired) electrons. The predicted molar refractivity (Wildman–Crippen MR) is 107 cm³/mol. The Hall–Kier alpha value is -2.01. The average Bonchev–Trinajstić information content (AvgIpc) is 3.31. The van der Waals surface area contributed by atoms with Crippen molar-refractivity contribution in [2.24, 2.45) is 5.73 Å². The van der Waals surface area contributed by atoms with Crippen molar-refractivity contribution in [1.29, 1.82) is 5.41 Å². The number of carbonyl (C=O) groups is 2. The van der Waals surface area contributed by atoms with E-state index in [9.17, 15) is 9.59 Å². The first-order chi connectivity index (χ1) is 13.3. The number of amides is 2. The minimum absolute atomic E-state index is 0.0102. The van der Waals surface area contributed by atoms with E-state index >= 15 is 0 Å². The van der Waals surface area contributed by atoms with E-state index in [-0.39, 0.29) is 30.6 Å². The van der Waals surface area contributed by atoms with Crippen molar-refractivity contribution in [3.8, 4) is 0 Å². The Morgan fingerprint density at radius 1 is 1.54 bits per heavy atom. The Morgan fingerprint density at radius 2 is 2.25 bits per heavy atom. The second-order valence-electron chi connectivity index (χ2n) is 6.68. The molecular weight excluding hydrogens is 382 g/mol. The topological polar surface area (TPSA) is 130 Å². The van der Waals surface area contributed by atoms with Gasteiger partial charge in [0.05, 0.1) is 19.1 Å². The zero-order valence-electron chi connectivity index (χ0n) is 16.7. The molecule has 156 valence electrons. The summed E-state index contributed by atoms with van der Waals surface area (Å²) in [6, 6.07) is 0.648. The van der Waals surface area contributed by atoms with Crippen LogP contribution in [0.2, 0.25) is 0 Å². The lowest BCUT2D eigenvalue weighted by molar-refractivity contribution is -0.210. The predicted octanol–water partition coefficient (Wildman–Crippen LogP) is 0.236. The second kappa shape index (κ2) is 9.46. The standard InChI is InChI=1S/C18H29N5O4S/c1-5-27-18(26-4)7-14(23(10-18)17(25)11(2)21-3)16(24)22-8-13-6-12(9-28-13)15(19)20/h6,9,11,14,21H,5,7-8,10H2,1-4H3,(H3,19,20)(H,22,24)/t11-,14-,18?/m0/s1. The molecule has 28 heavy (non-hydrogen) atoms. The first kappa shape index (κ1) is 22.3. The molecule has 1 fully saturated rings. The number of likely N-dealkylation sites (tertiary alicyclic amines) is 1. The summed E-state index contributed by atoms with van der Waals surface area (Å²) in [5, 5.41) is 15.0.